The van der Waals surface area contributed by atoms with Crippen LogP contribution >= 0.6 is 11.3 Å². The number of pyridine rings is 1. The first-order valence-corrected chi connectivity index (χ1v) is 9.14. The van der Waals surface area contributed by atoms with Crippen molar-refractivity contribution in [2.75, 3.05) is 31.1 Å². The normalized spacial score (nSPS) is 14.6. The van der Waals surface area contributed by atoms with E-state index in [1.54, 1.807) is 12.4 Å². The molecule has 126 valence electrons. The van der Waals surface area contributed by atoms with Gasteiger partial charge in [-0.2, -0.15) is 0 Å². The molecule has 1 aromatic carbocycles. The lowest BCUT2D eigenvalue weighted by Crippen LogP contribution is -2.48. The third-order valence-corrected chi connectivity index (χ3v) is 5.23. The highest BCUT2D eigenvalue weighted by molar-refractivity contribution is 7.13. The number of aromatic nitrogens is 2. The van der Waals surface area contributed by atoms with E-state index >= 15 is 0 Å². The summed E-state index contributed by atoms with van der Waals surface area (Å²) in [5.41, 5.74) is 2.75. The Morgan fingerprint density at radius 2 is 1.68 bits per heavy atom. The fourth-order valence-corrected chi connectivity index (χ4v) is 3.77. The third-order valence-electron chi connectivity index (χ3n) is 4.34. The highest BCUT2D eigenvalue weighted by atomic mass is 32.1. The highest BCUT2D eigenvalue weighted by Crippen LogP contribution is 2.24. The van der Waals surface area contributed by atoms with Crippen LogP contribution in [0.15, 0.2) is 60.2 Å². The Bertz CT molecular complexity index is 842. The second-order valence-corrected chi connectivity index (χ2v) is 6.75. The van der Waals surface area contributed by atoms with Crippen molar-refractivity contribution in [1.29, 1.82) is 0 Å². The number of anilines is 1. The predicted molar refractivity (Wildman–Crippen MR) is 99.9 cm³/mol. The Balaban J connectivity index is 1.42. The van der Waals surface area contributed by atoms with Crippen molar-refractivity contribution in [3.05, 3.63) is 65.9 Å². The molecule has 3 heterocycles. The molecule has 5 nitrogen and oxygen atoms in total. The van der Waals surface area contributed by atoms with E-state index in [9.17, 15) is 4.79 Å². The molecule has 0 radical (unpaired) electrons. The molecule has 1 saturated heterocycles. The second-order valence-electron chi connectivity index (χ2n) is 5.89. The Hall–Kier alpha value is -2.73. The number of carbonyl (C=O) groups is 1. The molecule has 0 spiro atoms. The molecule has 0 bridgehead atoms. The lowest BCUT2D eigenvalue weighted by Gasteiger charge is -2.35. The molecule has 0 aliphatic carbocycles. The third kappa shape index (κ3) is 3.39. The average molecular weight is 350 g/mol. The Labute approximate surface area is 150 Å². The topological polar surface area (TPSA) is 49.3 Å². The van der Waals surface area contributed by atoms with Gasteiger partial charge < -0.3 is 9.80 Å². The van der Waals surface area contributed by atoms with E-state index in [1.807, 2.05) is 52.7 Å². The van der Waals surface area contributed by atoms with Crippen molar-refractivity contribution in [3.8, 4) is 10.6 Å². The van der Waals surface area contributed by atoms with Crippen LogP contribution in [0.1, 0.15) is 10.5 Å². The zero-order valence-electron chi connectivity index (χ0n) is 13.7. The molecule has 4 rings (SSSR count). The highest BCUT2D eigenvalue weighted by Gasteiger charge is 2.24. The zero-order valence-corrected chi connectivity index (χ0v) is 14.5. The van der Waals surface area contributed by atoms with Gasteiger partial charge in [0.25, 0.3) is 5.91 Å². The van der Waals surface area contributed by atoms with E-state index in [-0.39, 0.29) is 5.91 Å². The van der Waals surface area contributed by atoms with E-state index in [4.69, 9.17) is 0 Å². The van der Waals surface area contributed by atoms with Gasteiger partial charge in [0.05, 0.1) is 0 Å². The van der Waals surface area contributed by atoms with Gasteiger partial charge in [0, 0.05) is 55.2 Å². The number of piperazine rings is 1. The van der Waals surface area contributed by atoms with Crippen LogP contribution in [0.3, 0.4) is 0 Å². The van der Waals surface area contributed by atoms with Crippen LogP contribution in [0.5, 0.6) is 0 Å². The van der Waals surface area contributed by atoms with Crippen LogP contribution in [0.2, 0.25) is 0 Å². The van der Waals surface area contributed by atoms with Gasteiger partial charge in [0.15, 0.2) is 0 Å². The summed E-state index contributed by atoms with van der Waals surface area (Å²) in [6.45, 7) is 3.07. The molecule has 25 heavy (non-hydrogen) atoms. The first-order valence-electron chi connectivity index (χ1n) is 8.26. The number of carbonyl (C=O) groups excluding carboxylic acids is 1. The first-order chi connectivity index (χ1) is 12.3. The van der Waals surface area contributed by atoms with Crippen molar-refractivity contribution in [2.24, 2.45) is 0 Å². The summed E-state index contributed by atoms with van der Waals surface area (Å²) in [6.07, 6.45) is 3.60. The summed E-state index contributed by atoms with van der Waals surface area (Å²) >= 11 is 1.52. The Morgan fingerprint density at radius 3 is 2.40 bits per heavy atom. The van der Waals surface area contributed by atoms with Crippen LogP contribution in [0, 0.1) is 0 Å². The molecule has 1 fully saturated rings. The second kappa shape index (κ2) is 7.03. The maximum atomic E-state index is 12.7. The summed E-state index contributed by atoms with van der Waals surface area (Å²) in [4.78, 5) is 25.5. The molecule has 1 aliphatic heterocycles. The van der Waals surface area contributed by atoms with Crippen molar-refractivity contribution in [2.45, 2.75) is 0 Å². The molecular formula is C19H18N4OS. The summed E-state index contributed by atoms with van der Waals surface area (Å²) in [7, 11) is 0. The van der Waals surface area contributed by atoms with Crippen LogP contribution in [-0.2, 0) is 0 Å². The molecule has 3 aromatic rings. The predicted octanol–water partition coefficient (Wildman–Crippen LogP) is 3.17. The minimum absolute atomic E-state index is 0.0211. The zero-order chi connectivity index (χ0) is 17.1. The fourth-order valence-electron chi connectivity index (χ4n) is 2.97. The molecule has 0 saturated carbocycles. The minimum Gasteiger partial charge on any atom is -0.368 e. The van der Waals surface area contributed by atoms with Gasteiger partial charge in [0.1, 0.15) is 10.7 Å². The standard InChI is InChI=1S/C19H18N4OS/c24-19(17-14-25-18(21-17)15-4-2-1-3-5-15)23-12-10-22(11-13-23)16-6-8-20-9-7-16/h1-9,14H,10-13H2. The van der Waals surface area contributed by atoms with Crippen molar-refractivity contribution >= 4 is 22.9 Å². The van der Waals surface area contributed by atoms with Gasteiger partial charge in [-0.3, -0.25) is 9.78 Å². The van der Waals surface area contributed by atoms with Gasteiger partial charge in [-0.25, -0.2) is 4.98 Å². The largest absolute Gasteiger partial charge is 0.368 e. The monoisotopic (exact) mass is 350 g/mol. The van der Waals surface area contributed by atoms with Crippen LogP contribution in [-0.4, -0.2) is 47.0 Å². The minimum atomic E-state index is 0.0211. The van der Waals surface area contributed by atoms with Gasteiger partial charge in [-0.05, 0) is 12.1 Å². The quantitative estimate of drug-likeness (QED) is 0.728. The summed E-state index contributed by atoms with van der Waals surface area (Å²) in [5, 5.41) is 2.75. The van der Waals surface area contributed by atoms with E-state index in [0.29, 0.717) is 18.8 Å². The Kier molecular flexibility index (Phi) is 4.43. The van der Waals surface area contributed by atoms with E-state index in [1.165, 1.54) is 11.3 Å². The van der Waals surface area contributed by atoms with Crippen molar-refractivity contribution in [3.63, 3.8) is 0 Å². The Morgan fingerprint density at radius 1 is 0.960 bits per heavy atom. The molecule has 1 aliphatic rings. The molecule has 0 atom stereocenters. The van der Waals surface area contributed by atoms with Gasteiger partial charge in [0.2, 0.25) is 0 Å². The van der Waals surface area contributed by atoms with Gasteiger partial charge in [-0.1, -0.05) is 30.3 Å². The first kappa shape index (κ1) is 15.8. The summed E-state index contributed by atoms with van der Waals surface area (Å²) < 4.78 is 0. The lowest BCUT2D eigenvalue weighted by molar-refractivity contribution is 0.0742. The molecule has 2 aromatic heterocycles. The molecule has 1 amide bonds. The fraction of sp³-hybridized carbons (Fsp3) is 0.211. The van der Waals surface area contributed by atoms with Gasteiger partial charge in [-0.15, -0.1) is 11.3 Å². The van der Waals surface area contributed by atoms with Crippen LogP contribution < -0.4 is 4.90 Å². The van der Waals surface area contributed by atoms with Crippen molar-refractivity contribution < 1.29 is 4.79 Å². The number of amides is 1. The SMILES string of the molecule is O=C(c1csc(-c2ccccc2)n1)N1CCN(c2ccncc2)CC1. The number of nitrogens with zero attached hydrogens (tertiary/aromatic N) is 4. The van der Waals surface area contributed by atoms with Crippen molar-refractivity contribution in [1.82, 2.24) is 14.9 Å². The smallest absolute Gasteiger partial charge is 0.273 e. The number of rotatable bonds is 3. The van der Waals surface area contributed by atoms with E-state index in [2.05, 4.69) is 14.9 Å². The number of hydrogen-bond donors (Lipinski definition) is 0. The maximum Gasteiger partial charge on any atom is 0.273 e. The van der Waals surface area contributed by atoms with Crippen LogP contribution in [0.25, 0.3) is 10.6 Å². The van der Waals surface area contributed by atoms with E-state index < -0.39 is 0 Å². The lowest BCUT2D eigenvalue weighted by atomic mass is 10.2. The molecule has 0 unspecified atom stereocenters. The number of thiazole rings is 1. The number of hydrogen-bond acceptors (Lipinski definition) is 5. The summed E-state index contributed by atoms with van der Waals surface area (Å²) in [5.74, 6) is 0.0211. The van der Waals surface area contributed by atoms with E-state index in [0.717, 1.165) is 29.3 Å². The molecule has 0 N–H and O–H groups in total. The maximum absolute atomic E-state index is 12.7. The summed E-state index contributed by atoms with van der Waals surface area (Å²) in [6, 6.07) is 14.0. The number of benzene rings is 1. The van der Waals surface area contributed by atoms with Gasteiger partial charge >= 0.3 is 0 Å². The average Bonchev–Trinajstić information content (AvgIpc) is 3.19. The molecular weight excluding hydrogens is 332 g/mol. The molecule has 6 heteroatoms. The van der Waals surface area contributed by atoms with Crippen LogP contribution in [0.4, 0.5) is 5.69 Å².